The highest BCUT2D eigenvalue weighted by atomic mass is 19.4. The Hall–Kier alpha value is -2.62. The summed E-state index contributed by atoms with van der Waals surface area (Å²) in [6.45, 7) is 10.8. The van der Waals surface area contributed by atoms with E-state index in [1.54, 1.807) is 39.8 Å². The molecule has 0 heterocycles. The average Bonchev–Trinajstić information content (AvgIpc) is 2.58. The molecular formula is C22H22F3N. The SMILES string of the molecule is C=Cc1cccc(/C(C)=C(/N=C(C)C)c2c(C)cccc2C(F)(F)F)c1. The van der Waals surface area contributed by atoms with Crippen molar-refractivity contribution in [1.82, 2.24) is 0 Å². The lowest BCUT2D eigenvalue weighted by molar-refractivity contribution is -0.137. The number of nitrogens with zero attached hydrogens (tertiary/aromatic N) is 1. The van der Waals surface area contributed by atoms with Gasteiger partial charge in [0.15, 0.2) is 0 Å². The summed E-state index contributed by atoms with van der Waals surface area (Å²) in [6, 6.07) is 11.7. The first-order valence-corrected chi connectivity index (χ1v) is 8.28. The molecule has 0 bridgehead atoms. The fraction of sp³-hybridized carbons (Fsp3) is 0.227. The average molecular weight is 357 g/mol. The maximum Gasteiger partial charge on any atom is 0.417 e. The second-order valence-electron chi connectivity index (χ2n) is 6.36. The Morgan fingerprint density at radius 2 is 1.69 bits per heavy atom. The Balaban J connectivity index is 2.86. The molecule has 0 unspecified atom stereocenters. The number of benzene rings is 2. The van der Waals surface area contributed by atoms with Gasteiger partial charge in [0.25, 0.3) is 0 Å². The summed E-state index contributed by atoms with van der Waals surface area (Å²) in [5.74, 6) is 0. The molecule has 4 heteroatoms. The van der Waals surface area contributed by atoms with Gasteiger partial charge in [-0.15, -0.1) is 0 Å². The van der Waals surface area contributed by atoms with E-state index in [0.717, 1.165) is 17.2 Å². The van der Waals surface area contributed by atoms with Gasteiger partial charge in [0.1, 0.15) is 0 Å². The third-order valence-corrected chi connectivity index (χ3v) is 4.06. The predicted molar refractivity (Wildman–Crippen MR) is 104 cm³/mol. The Morgan fingerprint density at radius 1 is 1.04 bits per heavy atom. The van der Waals surface area contributed by atoms with Gasteiger partial charge in [0, 0.05) is 11.3 Å². The van der Waals surface area contributed by atoms with Gasteiger partial charge in [-0.25, -0.2) is 0 Å². The van der Waals surface area contributed by atoms with Crippen LogP contribution < -0.4 is 0 Å². The Labute approximate surface area is 152 Å². The summed E-state index contributed by atoms with van der Waals surface area (Å²) in [5.41, 5.74) is 3.44. The summed E-state index contributed by atoms with van der Waals surface area (Å²) in [7, 11) is 0. The van der Waals surface area contributed by atoms with Crippen molar-refractivity contribution in [3.8, 4) is 0 Å². The van der Waals surface area contributed by atoms with E-state index >= 15 is 0 Å². The topological polar surface area (TPSA) is 12.4 Å². The standard InChI is InChI=1S/C22H22F3N/c1-6-17-10-8-11-18(13-17)16(5)21(26-14(2)3)20-15(4)9-7-12-19(20)22(23,24)25/h6-13H,1H2,2-5H3/b21-16+. The highest BCUT2D eigenvalue weighted by Gasteiger charge is 2.35. The maximum atomic E-state index is 13.6. The smallest absolute Gasteiger partial charge is 0.257 e. The zero-order valence-corrected chi connectivity index (χ0v) is 15.4. The van der Waals surface area contributed by atoms with Crippen molar-refractivity contribution >= 4 is 23.1 Å². The number of hydrogen-bond acceptors (Lipinski definition) is 1. The lowest BCUT2D eigenvalue weighted by Crippen LogP contribution is -2.10. The van der Waals surface area contributed by atoms with Gasteiger partial charge in [-0.05, 0) is 62.1 Å². The molecule has 2 rings (SSSR count). The van der Waals surface area contributed by atoms with Crippen molar-refractivity contribution in [3.05, 3.63) is 76.9 Å². The number of halogens is 3. The lowest BCUT2D eigenvalue weighted by atomic mass is 9.93. The van der Waals surface area contributed by atoms with Crippen molar-refractivity contribution < 1.29 is 13.2 Å². The van der Waals surface area contributed by atoms with Crippen LogP contribution in [0.1, 0.15) is 48.6 Å². The second-order valence-corrected chi connectivity index (χ2v) is 6.36. The van der Waals surface area contributed by atoms with Gasteiger partial charge in [0.2, 0.25) is 0 Å². The number of hydrogen-bond donors (Lipinski definition) is 0. The van der Waals surface area contributed by atoms with E-state index in [4.69, 9.17) is 0 Å². The first-order chi connectivity index (χ1) is 12.1. The molecule has 0 spiro atoms. The van der Waals surface area contributed by atoms with Gasteiger partial charge in [-0.1, -0.05) is 43.0 Å². The Kier molecular flexibility index (Phi) is 5.86. The van der Waals surface area contributed by atoms with E-state index < -0.39 is 11.7 Å². The molecule has 0 aliphatic carbocycles. The van der Waals surface area contributed by atoms with Gasteiger partial charge in [0.05, 0.1) is 11.3 Å². The van der Waals surface area contributed by atoms with E-state index in [1.165, 1.54) is 6.07 Å². The molecule has 2 aromatic rings. The predicted octanol–water partition coefficient (Wildman–Crippen LogP) is 7.03. The van der Waals surface area contributed by atoms with Gasteiger partial charge in [-0.3, -0.25) is 4.99 Å². The minimum absolute atomic E-state index is 0.128. The quantitative estimate of drug-likeness (QED) is 0.411. The number of aliphatic imine (C=N–C) groups is 1. The van der Waals surface area contributed by atoms with Crippen molar-refractivity contribution in [1.29, 1.82) is 0 Å². The van der Waals surface area contributed by atoms with Crippen LogP contribution in [0.2, 0.25) is 0 Å². The minimum Gasteiger partial charge on any atom is -0.257 e. The van der Waals surface area contributed by atoms with Crippen LogP contribution >= 0.6 is 0 Å². The zero-order valence-electron chi connectivity index (χ0n) is 15.4. The summed E-state index contributed by atoms with van der Waals surface area (Å²) in [4.78, 5) is 4.48. The van der Waals surface area contributed by atoms with Crippen molar-refractivity contribution in [2.75, 3.05) is 0 Å². The summed E-state index contributed by atoms with van der Waals surface area (Å²) >= 11 is 0. The highest BCUT2D eigenvalue weighted by molar-refractivity contribution is 5.97. The van der Waals surface area contributed by atoms with Crippen molar-refractivity contribution in [3.63, 3.8) is 0 Å². The molecule has 0 fully saturated rings. The number of aryl methyl sites for hydroxylation is 1. The van der Waals surface area contributed by atoms with Crippen LogP contribution in [-0.4, -0.2) is 5.71 Å². The molecule has 0 aromatic heterocycles. The van der Waals surface area contributed by atoms with Crippen LogP contribution in [0.25, 0.3) is 17.3 Å². The monoisotopic (exact) mass is 357 g/mol. The van der Waals surface area contributed by atoms with Gasteiger partial charge < -0.3 is 0 Å². The van der Waals surface area contributed by atoms with E-state index in [9.17, 15) is 13.2 Å². The number of rotatable bonds is 4. The first kappa shape index (κ1) is 19.7. The molecule has 0 radical (unpaired) electrons. The van der Waals surface area contributed by atoms with Crippen LogP contribution in [-0.2, 0) is 6.18 Å². The fourth-order valence-electron chi connectivity index (χ4n) is 2.80. The van der Waals surface area contributed by atoms with Gasteiger partial charge in [-0.2, -0.15) is 13.2 Å². The molecule has 0 N–H and O–H groups in total. The van der Waals surface area contributed by atoms with Crippen LogP contribution in [0, 0.1) is 6.92 Å². The minimum atomic E-state index is -4.45. The summed E-state index contributed by atoms with van der Waals surface area (Å²) in [6.07, 6.45) is -2.74. The van der Waals surface area contributed by atoms with Crippen molar-refractivity contribution in [2.45, 2.75) is 33.9 Å². The molecule has 26 heavy (non-hydrogen) atoms. The molecule has 0 saturated carbocycles. The maximum absolute atomic E-state index is 13.6. The third kappa shape index (κ3) is 4.31. The third-order valence-electron chi connectivity index (χ3n) is 4.06. The second kappa shape index (κ2) is 7.73. The summed E-state index contributed by atoms with van der Waals surface area (Å²) in [5, 5.41) is 0. The van der Waals surface area contributed by atoms with E-state index in [2.05, 4.69) is 11.6 Å². The normalized spacial score (nSPS) is 12.4. The van der Waals surface area contributed by atoms with E-state index in [-0.39, 0.29) is 5.56 Å². The molecule has 0 aliphatic rings. The Morgan fingerprint density at radius 3 is 2.27 bits per heavy atom. The molecule has 0 amide bonds. The zero-order chi connectivity index (χ0) is 19.5. The Bertz CT molecular complexity index is 883. The number of allylic oxidation sites excluding steroid dienone is 1. The van der Waals surface area contributed by atoms with E-state index in [0.29, 0.717) is 22.5 Å². The molecule has 136 valence electrons. The van der Waals surface area contributed by atoms with Crippen LogP contribution in [0.3, 0.4) is 0 Å². The van der Waals surface area contributed by atoms with Crippen LogP contribution in [0.5, 0.6) is 0 Å². The summed E-state index contributed by atoms with van der Waals surface area (Å²) < 4.78 is 40.9. The largest absolute Gasteiger partial charge is 0.417 e. The molecule has 2 aromatic carbocycles. The van der Waals surface area contributed by atoms with E-state index in [1.807, 2.05) is 24.3 Å². The lowest BCUT2D eigenvalue weighted by Gasteiger charge is -2.18. The van der Waals surface area contributed by atoms with Gasteiger partial charge >= 0.3 is 6.18 Å². The fourth-order valence-corrected chi connectivity index (χ4v) is 2.80. The molecule has 0 atom stereocenters. The molecule has 0 saturated heterocycles. The van der Waals surface area contributed by atoms with Crippen LogP contribution in [0.4, 0.5) is 13.2 Å². The molecule has 0 aliphatic heterocycles. The molecular weight excluding hydrogens is 335 g/mol. The number of alkyl halides is 3. The molecule has 1 nitrogen and oxygen atoms in total. The van der Waals surface area contributed by atoms with Crippen molar-refractivity contribution in [2.24, 2.45) is 4.99 Å². The highest BCUT2D eigenvalue weighted by Crippen LogP contribution is 2.39. The van der Waals surface area contributed by atoms with Crippen LogP contribution in [0.15, 0.2) is 54.0 Å². The first-order valence-electron chi connectivity index (χ1n) is 8.28.